The summed E-state index contributed by atoms with van der Waals surface area (Å²) in [4.78, 5) is 4.90. The van der Waals surface area contributed by atoms with Gasteiger partial charge in [0, 0.05) is 65.5 Å². The average molecular weight is 478 g/mol. The Morgan fingerprint density at radius 3 is 2.23 bits per heavy atom. The summed E-state index contributed by atoms with van der Waals surface area (Å²) in [6.45, 7) is 6.43. The quantitative estimate of drug-likeness (QED) is 0.435. The number of halogens is 1. The Bertz CT molecular complexity index is 1170. The van der Waals surface area contributed by atoms with Crippen molar-refractivity contribution in [3.05, 3.63) is 82.8 Å². The molecular formula is C26H28BrN3O. The highest BCUT2D eigenvalue weighted by atomic mass is 79.9. The van der Waals surface area contributed by atoms with E-state index < -0.39 is 6.10 Å². The number of fused-ring (bicyclic) bond motifs is 3. The molecule has 0 radical (unpaired) electrons. The fraction of sp³-hybridized carbons (Fsp3) is 0.308. The molecule has 2 heterocycles. The predicted molar refractivity (Wildman–Crippen MR) is 131 cm³/mol. The van der Waals surface area contributed by atoms with Crippen molar-refractivity contribution >= 4 is 37.7 Å². The minimum absolute atomic E-state index is 0.400. The lowest BCUT2D eigenvalue weighted by molar-refractivity contribution is 0.0634. The van der Waals surface area contributed by atoms with Crippen LogP contribution in [0.4, 0.5) is 0 Å². The van der Waals surface area contributed by atoms with E-state index in [9.17, 15) is 5.11 Å². The zero-order valence-corrected chi connectivity index (χ0v) is 19.2. The molecule has 1 saturated heterocycles. The molecule has 1 aliphatic rings. The number of aliphatic hydroxyl groups excluding tert-OH is 1. The Kier molecular flexibility index (Phi) is 6.10. The van der Waals surface area contributed by atoms with Crippen molar-refractivity contribution in [3.63, 3.8) is 0 Å². The molecule has 1 N–H and O–H groups in total. The van der Waals surface area contributed by atoms with Crippen LogP contribution in [-0.4, -0.2) is 58.3 Å². The van der Waals surface area contributed by atoms with E-state index in [1.165, 1.54) is 27.4 Å². The van der Waals surface area contributed by atoms with Crippen LogP contribution in [0.3, 0.4) is 0 Å². The molecule has 0 saturated carbocycles. The van der Waals surface area contributed by atoms with Crippen molar-refractivity contribution in [3.8, 4) is 0 Å². The van der Waals surface area contributed by atoms with E-state index in [4.69, 9.17) is 0 Å². The van der Waals surface area contributed by atoms with Crippen molar-refractivity contribution in [2.45, 2.75) is 19.2 Å². The van der Waals surface area contributed by atoms with Crippen LogP contribution in [-0.2, 0) is 13.1 Å². The molecule has 1 fully saturated rings. The molecule has 0 amide bonds. The zero-order chi connectivity index (χ0) is 21.2. The van der Waals surface area contributed by atoms with Gasteiger partial charge in [-0.25, -0.2) is 0 Å². The average Bonchev–Trinajstić information content (AvgIpc) is 3.09. The van der Waals surface area contributed by atoms with Gasteiger partial charge in [0.25, 0.3) is 0 Å². The molecule has 5 heteroatoms. The van der Waals surface area contributed by atoms with Crippen LogP contribution in [0.5, 0.6) is 0 Å². The maximum absolute atomic E-state index is 11.0. The molecule has 5 rings (SSSR count). The number of aliphatic hydroxyl groups is 1. The third-order valence-electron chi connectivity index (χ3n) is 6.31. The highest BCUT2D eigenvalue weighted by Gasteiger charge is 2.20. The van der Waals surface area contributed by atoms with Crippen molar-refractivity contribution in [2.75, 3.05) is 32.7 Å². The smallest absolute Gasteiger partial charge is 0.0845 e. The summed E-state index contributed by atoms with van der Waals surface area (Å²) >= 11 is 3.60. The number of piperazine rings is 1. The van der Waals surface area contributed by atoms with Crippen molar-refractivity contribution in [2.24, 2.45) is 0 Å². The summed E-state index contributed by atoms with van der Waals surface area (Å²) in [7, 11) is 0. The van der Waals surface area contributed by atoms with Gasteiger partial charge in [-0.15, -0.1) is 0 Å². The first-order valence-corrected chi connectivity index (χ1v) is 11.8. The highest BCUT2D eigenvalue weighted by Crippen LogP contribution is 2.31. The summed E-state index contributed by atoms with van der Waals surface area (Å²) in [5.41, 5.74) is 3.73. The van der Waals surface area contributed by atoms with Gasteiger partial charge >= 0.3 is 0 Å². The van der Waals surface area contributed by atoms with E-state index in [2.05, 4.69) is 103 Å². The van der Waals surface area contributed by atoms with Gasteiger partial charge in [0.1, 0.15) is 0 Å². The zero-order valence-electron chi connectivity index (χ0n) is 17.6. The van der Waals surface area contributed by atoms with Gasteiger partial charge in [-0.2, -0.15) is 0 Å². The number of hydrogen-bond donors (Lipinski definition) is 1. The van der Waals surface area contributed by atoms with E-state index in [0.29, 0.717) is 13.1 Å². The minimum Gasteiger partial charge on any atom is -0.390 e. The van der Waals surface area contributed by atoms with Crippen LogP contribution >= 0.6 is 15.9 Å². The van der Waals surface area contributed by atoms with Gasteiger partial charge in [0.05, 0.1) is 12.6 Å². The van der Waals surface area contributed by atoms with Crippen LogP contribution in [0.1, 0.15) is 5.56 Å². The first-order chi connectivity index (χ1) is 15.2. The van der Waals surface area contributed by atoms with Gasteiger partial charge < -0.3 is 9.67 Å². The third kappa shape index (κ3) is 4.55. The summed E-state index contributed by atoms with van der Waals surface area (Å²) in [5, 5.41) is 13.4. The summed E-state index contributed by atoms with van der Waals surface area (Å²) in [5.74, 6) is 0. The van der Waals surface area contributed by atoms with Crippen molar-refractivity contribution < 1.29 is 5.11 Å². The molecule has 160 valence electrons. The Morgan fingerprint density at radius 1 is 0.742 bits per heavy atom. The van der Waals surface area contributed by atoms with E-state index in [0.717, 1.165) is 37.2 Å². The van der Waals surface area contributed by atoms with Crippen LogP contribution < -0.4 is 0 Å². The van der Waals surface area contributed by atoms with Gasteiger partial charge in [-0.1, -0.05) is 64.5 Å². The molecule has 0 aliphatic carbocycles. The number of rotatable bonds is 6. The Balaban J connectivity index is 1.24. The molecular weight excluding hydrogens is 450 g/mol. The number of β-amino-alcohol motifs (C(OH)–C–C–N with tert-alkyl or cyclic N) is 1. The second-order valence-corrected chi connectivity index (χ2v) is 9.42. The molecule has 4 aromatic rings. The lowest BCUT2D eigenvalue weighted by Crippen LogP contribution is -2.48. The van der Waals surface area contributed by atoms with Crippen LogP contribution in [0, 0.1) is 0 Å². The van der Waals surface area contributed by atoms with Crippen molar-refractivity contribution in [1.29, 1.82) is 0 Å². The number of para-hydroxylation sites is 1. The Hall–Kier alpha value is -2.18. The lowest BCUT2D eigenvalue weighted by atomic mass is 10.2. The van der Waals surface area contributed by atoms with Gasteiger partial charge in [-0.05, 0) is 29.8 Å². The van der Waals surface area contributed by atoms with Gasteiger partial charge in [0.15, 0.2) is 0 Å². The lowest BCUT2D eigenvalue weighted by Gasteiger charge is -2.35. The van der Waals surface area contributed by atoms with Crippen LogP contribution in [0.15, 0.2) is 77.3 Å². The Morgan fingerprint density at radius 2 is 1.42 bits per heavy atom. The maximum atomic E-state index is 11.0. The second kappa shape index (κ2) is 9.13. The number of hydrogen-bond acceptors (Lipinski definition) is 3. The maximum Gasteiger partial charge on any atom is 0.0845 e. The number of nitrogens with zero attached hydrogens (tertiary/aromatic N) is 3. The monoisotopic (exact) mass is 477 g/mol. The topological polar surface area (TPSA) is 31.6 Å². The standard InChI is InChI=1S/C26H28BrN3O/c27-21-10-11-26-24(16-21)23-8-4-5-9-25(23)30(26)19-22(31)18-29-14-12-28(13-15-29)17-20-6-2-1-3-7-20/h1-11,16,22,31H,12-15,17-19H2. The summed E-state index contributed by atoms with van der Waals surface area (Å²) in [6.07, 6.45) is -0.400. The molecule has 0 bridgehead atoms. The minimum atomic E-state index is -0.400. The number of aromatic nitrogens is 1. The first-order valence-electron chi connectivity index (χ1n) is 11.0. The number of benzene rings is 3. The largest absolute Gasteiger partial charge is 0.390 e. The van der Waals surface area contributed by atoms with Crippen LogP contribution in [0.2, 0.25) is 0 Å². The van der Waals surface area contributed by atoms with E-state index in [-0.39, 0.29) is 0 Å². The predicted octanol–water partition coefficient (Wildman–Crippen LogP) is 4.74. The van der Waals surface area contributed by atoms with E-state index >= 15 is 0 Å². The molecule has 1 aromatic heterocycles. The molecule has 4 nitrogen and oxygen atoms in total. The van der Waals surface area contributed by atoms with E-state index in [1.54, 1.807) is 0 Å². The van der Waals surface area contributed by atoms with Gasteiger partial charge in [-0.3, -0.25) is 9.80 Å². The molecule has 1 unspecified atom stereocenters. The second-order valence-electron chi connectivity index (χ2n) is 8.51. The Labute approximate surface area is 191 Å². The summed E-state index contributed by atoms with van der Waals surface area (Å²) in [6, 6.07) is 25.5. The molecule has 0 spiro atoms. The fourth-order valence-electron chi connectivity index (χ4n) is 4.76. The SMILES string of the molecule is OC(CN1CCN(Cc2ccccc2)CC1)Cn1c2ccccc2c2cc(Br)ccc21. The molecule has 1 aliphatic heterocycles. The first kappa shape index (κ1) is 20.7. The highest BCUT2D eigenvalue weighted by molar-refractivity contribution is 9.10. The fourth-order valence-corrected chi connectivity index (χ4v) is 5.12. The van der Waals surface area contributed by atoms with Gasteiger partial charge in [0.2, 0.25) is 0 Å². The summed E-state index contributed by atoms with van der Waals surface area (Å²) < 4.78 is 3.35. The molecule has 1 atom stereocenters. The third-order valence-corrected chi connectivity index (χ3v) is 6.80. The molecule has 3 aromatic carbocycles. The van der Waals surface area contributed by atoms with Crippen LogP contribution in [0.25, 0.3) is 21.8 Å². The molecule has 31 heavy (non-hydrogen) atoms. The van der Waals surface area contributed by atoms with Crippen molar-refractivity contribution in [1.82, 2.24) is 14.4 Å². The normalized spacial score (nSPS) is 16.8. The van der Waals surface area contributed by atoms with E-state index in [1.807, 2.05) is 0 Å².